The Bertz CT molecular complexity index is 633. The molecule has 0 radical (unpaired) electrons. The number of amides is 2. The molecule has 0 aliphatic carbocycles. The van der Waals surface area contributed by atoms with Gasteiger partial charge in [0.2, 0.25) is 11.8 Å². The Morgan fingerprint density at radius 1 is 1.04 bits per heavy atom. The molecule has 140 valence electrons. The van der Waals surface area contributed by atoms with Crippen molar-refractivity contribution in [3.05, 3.63) is 35.9 Å². The summed E-state index contributed by atoms with van der Waals surface area (Å²) < 4.78 is 0. The van der Waals surface area contributed by atoms with Crippen molar-refractivity contribution in [2.45, 2.75) is 38.5 Å². The number of rotatable bonds is 7. The second kappa shape index (κ2) is 9.53. The third kappa shape index (κ3) is 5.43. The van der Waals surface area contributed by atoms with Crippen molar-refractivity contribution in [1.82, 2.24) is 10.2 Å². The molecule has 0 spiro atoms. The Morgan fingerprint density at radius 3 is 2.50 bits per heavy atom. The lowest BCUT2D eigenvalue weighted by Crippen LogP contribution is -2.33. The molecule has 0 aromatic heterocycles. The summed E-state index contributed by atoms with van der Waals surface area (Å²) in [5.41, 5.74) is 1.90. The summed E-state index contributed by atoms with van der Waals surface area (Å²) in [4.78, 5) is 28.0. The maximum absolute atomic E-state index is 11.9. The number of anilines is 1. The van der Waals surface area contributed by atoms with Crippen LogP contribution in [0.1, 0.15) is 44.1 Å². The van der Waals surface area contributed by atoms with Gasteiger partial charge >= 0.3 is 0 Å². The summed E-state index contributed by atoms with van der Waals surface area (Å²) in [5.74, 6) is 0.139. The van der Waals surface area contributed by atoms with E-state index in [0.717, 1.165) is 43.7 Å². The highest BCUT2D eigenvalue weighted by atomic mass is 16.2. The van der Waals surface area contributed by atoms with Crippen molar-refractivity contribution in [3.63, 3.8) is 0 Å². The second-order valence-electron chi connectivity index (χ2n) is 7.12. The van der Waals surface area contributed by atoms with Gasteiger partial charge in [0.05, 0.1) is 0 Å². The Balaban J connectivity index is 1.38. The van der Waals surface area contributed by atoms with Gasteiger partial charge in [0.1, 0.15) is 0 Å². The minimum absolute atomic E-state index is 0.0533. The van der Waals surface area contributed by atoms with Gasteiger partial charge in [-0.2, -0.15) is 0 Å². The Kier molecular flexibility index (Phi) is 6.83. The summed E-state index contributed by atoms with van der Waals surface area (Å²) >= 11 is 0. The van der Waals surface area contributed by atoms with Crippen molar-refractivity contribution in [1.29, 1.82) is 0 Å². The molecule has 5 heteroatoms. The average molecular weight is 355 g/mol. The van der Waals surface area contributed by atoms with Crippen LogP contribution >= 0.6 is 0 Å². The standard InChI is InChI=1S/C21H29N3O2/c25-20(22-13-5-16-23-14-2-1-3-15-23)12-9-18-7-10-19(11-8-18)24-17-4-6-21(24)26/h7-12H,1-6,13-17H2,(H,22,25)/b12-9+. The predicted molar refractivity (Wildman–Crippen MR) is 105 cm³/mol. The van der Waals surface area contributed by atoms with Gasteiger partial charge in [-0.3, -0.25) is 9.59 Å². The second-order valence-corrected chi connectivity index (χ2v) is 7.12. The van der Waals surface area contributed by atoms with Crippen LogP contribution in [0.2, 0.25) is 0 Å². The molecule has 1 aromatic rings. The number of hydrogen-bond donors (Lipinski definition) is 1. The van der Waals surface area contributed by atoms with Crippen LogP contribution in [0.4, 0.5) is 5.69 Å². The molecule has 2 fully saturated rings. The van der Waals surface area contributed by atoms with Crippen LogP contribution in [0.3, 0.4) is 0 Å². The molecule has 2 amide bonds. The van der Waals surface area contributed by atoms with Crippen molar-refractivity contribution < 1.29 is 9.59 Å². The monoisotopic (exact) mass is 355 g/mol. The van der Waals surface area contributed by atoms with Gasteiger partial charge in [-0.1, -0.05) is 18.6 Å². The van der Waals surface area contributed by atoms with E-state index >= 15 is 0 Å². The number of carbonyl (C=O) groups excluding carboxylic acids is 2. The number of carbonyl (C=O) groups is 2. The third-order valence-electron chi connectivity index (χ3n) is 5.10. The van der Waals surface area contributed by atoms with Crippen molar-refractivity contribution in [2.24, 2.45) is 0 Å². The van der Waals surface area contributed by atoms with Gasteiger partial charge in [-0.15, -0.1) is 0 Å². The van der Waals surface area contributed by atoms with E-state index in [2.05, 4.69) is 10.2 Å². The summed E-state index contributed by atoms with van der Waals surface area (Å²) in [7, 11) is 0. The van der Waals surface area contributed by atoms with E-state index in [-0.39, 0.29) is 11.8 Å². The summed E-state index contributed by atoms with van der Waals surface area (Å²) in [6, 6.07) is 7.78. The summed E-state index contributed by atoms with van der Waals surface area (Å²) in [6.07, 6.45) is 9.93. The van der Waals surface area contributed by atoms with Gasteiger partial charge in [0.15, 0.2) is 0 Å². The van der Waals surface area contributed by atoms with Crippen molar-refractivity contribution >= 4 is 23.6 Å². The molecule has 3 rings (SSSR count). The molecular formula is C21H29N3O2. The smallest absolute Gasteiger partial charge is 0.243 e. The van der Waals surface area contributed by atoms with Crippen molar-refractivity contribution in [3.8, 4) is 0 Å². The fraction of sp³-hybridized carbons (Fsp3) is 0.524. The highest BCUT2D eigenvalue weighted by molar-refractivity contribution is 5.95. The Morgan fingerprint density at radius 2 is 1.81 bits per heavy atom. The minimum atomic E-state index is -0.0533. The number of nitrogens with zero attached hydrogens (tertiary/aromatic N) is 2. The van der Waals surface area contributed by atoms with E-state index in [1.807, 2.05) is 35.2 Å². The molecule has 0 atom stereocenters. The van der Waals surface area contributed by atoms with E-state index < -0.39 is 0 Å². The lowest BCUT2D eigenvalue weighted by atomic mass is 10.1. The van der Waals surface area contributed by atoms with E-state index in [1.54, 1.807) is 6.08 Å². The van der Waals surface area contributed by atoms with Crippen LogP contribution in [-0.4, -0.2) is 49.4 Å². The van der Waals surface area contributed by atoms with Gasteiger partial charge in [-0.25, -0.2) is 0 Å². The van der Waals surface area contributed by atoms with E-state index in [1.165, 1.54) is 32.4 Å². The van der Waals surface area contributed by atoms with Gasteiger partial charge in [0, 0.05) is 31.3 Å². The first-order valence-corrected chi connectivity index (χ1v) is 9.81. The van der Waals surface area contributed by atoms with E-state index in [9.17, 15) is 9.59 Å². The predicted octanol–water partition coefficient (Wildman–Crippen LogP) is 2.82. The van der Waals surface area contributed by atoms with Crippen molar-refractivity contribution in [2.75, 3.05) is 37.6 Å². The topological polar surface area (TPSA) is 52.7 Å². The molecule has 2 saturated heterocycles. The fourth-order valence-corrected chi connectivity index (χ4v) is 3.61. The lowest BCUT2D eigenvalue weighted by Gasteiger charge is -2.26. The number of hydrogen-bond acceptors (Lipinski definition) is 3. The highest BCUT2D eigenvalue weighted by Gasteiger charge is 2.21. The largest absolute Gasteiger partial charge is 0.353 e. The van der Waals surface area contributed by atoms with Gasteiger partial charge in [0.25, 0.3) is 0 Å². The first-order valence-electron chi connectivity index (χ1n) is 9.81. The number of likely N-dealkylation sites (tertiary alicyclic amines) is 1. The molecule has 26 heavy (non-hydrogen) atoms. The SMILES string of the molecule is O=C(/C=C/c1ccc(N2CCCC2=O)cc1)NCCCN1CCCCC1. The lowest BCUT2D eigenvalue weighted by molar-refractivity contribution is -0.117. The van der Waals surface area contributed by atoms with E-state index in [4.69, 9.17) is 0 Å². The molecule has 5 nitrogen and oxygen atoms in total. The molecule has 0 unspecified atom stereocenters. The normalized spacial score (nSPS) is 18.6. The Hall–Kier alpha value is -2.14. The Labute approximate surface area is 156 Å². The number of piperidine rings is 1. The maximum Gasteiger partial charge on any atom is 0.243 e. The molecule has 1 N–H and O–H groups in total. The van der Waals surface area contributed by atoms with Crippen LogP contribution in [0.5, 0.6) is 0 Å². The van der Waals surface area contributed by atoms with E-state index in [0.29, 0.717) is 6.42 Å². The first-order chi connectivity index (χ1) is 12.7. The zero-order chi connectivity index (χ0) is 18.2. The minimum Gasteiger partial charge on any atom is -0.353 e. The average Bonchev–Trinajstić information content (AvgIpc) is 3.11. The molecule has 2 aliphatic rings. The molecule has 2 aliphatic heterocycles. The van der Waals surface area contributed by atoms with Crippen LogP contribution in [0.25, 0.3) is 6.08 Å². The molecule has 0 bridgehead atoms. The molecule has 2 heterocycles. The first kappa shape index (κ1) is 18.6. The van der Waals surface area contributed by atoms with Crippen LogP contribution in [0.15, 0.2) is 30.3 Å². The van der Waals surface area contributed by atoms with Crippen LogP contribution in [0, 0.1) is 0 Å². The highest BCUT2D eigenvalue weighted by Crippen LogP contribution is 2.21. The zero-order valence-electron chi connectivity index (χ0n) is 15.5. The number of nitrogens with one attached hydrogen (secondary N) is 1. The maximum atomic E-state index is 11.9. The summed E-state index contributed by atoms with van der Waals surface area (Å²) in [6.45, 7) is 4.99. The van der Waals surface area contributed by atoms with Gasteiger partial charge < -0.3 is 15.1 Å². The molecule has 0 saturated carbocycles. The summed E-state index contributed by atoms with van der Waals surface area (Å²) in [5, 5.41) is 2.95. The van der Waals surface area contributed by atoms with Gasteiger partial charge in [-0.05, 0) is 69.1 Å². The third-order valence-corrected chi connectivity index (χ3v) is 5.10. The molecule has 1 aromatic carbocycles. The quantitative estimate of drug-likeness (QED) is 0.604. The number of benzene rings is 1. The van der Waals surface area contributed by atoms with Crippen LogP contribution in [-0.2, 0) is 9.59 Å². The fourth-order valence-electron chi connectivity index (χ4n) is 3.61. The van der Waals surface area contributed by atoms with Crippen LogP contribution < -0.4 is 10.2 Å². The molecular weight excluding hydrogens is 326 g/mol. The zero-order valence-corrected chi connectivity index (χ0v) is 15.5.